The molecule has 1 heterocycles. The van der Waals surface area contributed by atoms with Gasteiger partial charge in [0.15, 0.2) is 0 Å². The molecule has 0 unspecified atom stereocenters. The average molecular weight is 313 g/mol. The Morgan fingerprint density at radius 1 is 0.955 bits per heavy atom. The Hall–Kier alpha value is -2.73. The number of benzene rings is 2. The van der Waals surface area contributed by atoms with Gasteiger partial charge in [0.1, 0.15) is 11.5 Å². The quantitative estimate of drug-likeness (QED) is 0.831. The summed E-state index contributed by atoms with van der Waals surface area (Å²) in [7, 11) is 0. The lowest BCUT2D eigenvalue weighted by atomic mass is 10.2. The molecule has 1 aliphatic heterocycles. The molecule has 0 aromatic heterocycles. The molecule has 2 N–H and O–H groups in total. The largest absolute Gasteiger partial charge is 0.508 e. The summed E-state index contributed by atoms with van der Waals surface area (Å²) in [5.74, 6) is -0.322. The number of thioether (sulfide) groups is 1. The Balaban J connectivity index is 1.93. The van der Waals surface area contributed by atoms with Crippen molar-refractivity contribution in [3.05, 3.63) is 59.0 Å². The second-order valence-electron chi connectivity index (χ2n) is 4.63. The van der Waals surface area contributed by atoms with Crippen molar-refractivity contribution < 1.29 is 19.8 Å². The van der Waals surface area contributed by atoms with Gasteiger partial charge in [-0.15, -0.1) is 0 Å². The van der Waals surface area contributed by atoms with Crippen LogP contribution in [0.25, 0.3) is 6.08 Å². The number of nitrogens with zero attached hydrogens (tertiary/aromatic N) is 1. The second-order valence-corrected chi connectivity index (χ2v) is 5.62. The van der Waals surface area contributed by atoms with E-state index >= 15 is 0 Å². The first-order valence-electron chi connectivity index (χ1n) is 6.40. The minimum absolute atomic E-state index is 0.0148. The van der Waals surface area contributed by atoms with E-state index in [9.17, 15) is 19.8 Å². The Kier molecular flexibility index (Phi) is 3.60. The van der Waals surface area contributed by atoms with Gasteiger partial charge in [0.25, 0.3) is 11.1 Å². The van der Waals surface area contributed by atoms with Crippen LogP contribution < -0.4 is 4.90 Å². The zero-order valence-electron chi connectivity index (χ0n) is 11.3. The molecule has 1 fully saturated rings. The molecule has 0 bridgehead atoms. The maximum absolute atomic E-state index is 12.4. The summed E-state index contributed by atoms with van der Waals surface area (Å²) in [5, 5.41) is 18.3. The lowest BCUT2D eigenvalue weighted by Gasteiger charge is -2.12. The second kappa shape index (κ2) is 5.57. The zero-order chi connectivity index (χ0) is 15.7. The summed E-state index contributed by atoms with van der Waals surface area (Å²) >= 11 is 0.836. The van der Waals surface area contributed by atoms with Gasteiger partial charge in [-0.05, 0) is 47.7 Å². The Morgan fingerprint density at radius 3 is 2.36 bits per heavy atom. The van der Waals surface area contributed by atoms with E-state index in [0.717, 1.165) is 16.7 Å². The first-order valence-corrected chi connectivity index (χ1v) is 7.22. The highest BCUT2D eigenvalue weighted by molar-refractivity contribution is 8.19. The topological polar surface area (TPSA) is 77.8 Å². The van der Waals surface area contributed by atoms with Gasteiger partial charge in [0.2, 0.25) is 0 Å². The molecule has 110 valence electrons. The van der Waals surface area contributed by atoms with E-state index in [1.54, 1.807) is 30.3 Å². The van der Waals surface area contributed by atoms with Crippen LogP contribution in [0.4, 0.5) is 10.5 Å². The fraction of sp³-hybridized carbons (Fsp3) is 0. The molecule has 0 aliphatic carbocycles. The fourth-order valence-electron chi connectivity index (χ4n) is 2.04. The van der Waals surface area contributed by atoms with Gasteiger partial charge < -0.3 is 10.2 Å². The number of carbonyl (C=O) groups excluding carboxylic acids is 2. The maximum atomic E-state index is 12.4. The lowest BCUT2D eigenvalue weighted by Crippen LogP contribution is -2.27. The molecule has 1 saturated heterocycles. The molecule has 5 nitrogen and oxygen atoms in total. The van der Waals surface area contributed by atoms with Crippen LogP contribution in [-0.4, -0.2) is 21.4 Å². The number of aromatic hydroxyl groups is 2. The van der Waals surface area contributed by atoms with Crippen molar-refractivity contribution in [1.29, 1.82) is 0 Å². The summed E-state index contributed by atoms with van der Waals surface area (Å²) in [5.41, 5.74) is 1.04. The normalized spacial score (nSPS) is 16.5. The molecule has 2 aromatic rings. The SMILES string of the molecule is O=C1SC(=Cc2ccc(O)cc2)C(=O)N1c1cccc(O)c1. The van der Waals surface area contributed by atoms with Gasteiger partial charge in [-0.2, -0.15) is 0 Å². The minimum Gasteiger partial charge on any atom is -0.508 e. The van der Waals surface area contributed by atoms with Gasteiger partial charge in [0, 0.05) is 6.07 Å². The van der Waals surface area contributed by atoms with Crippen LogP contribution in [0.2, 0.25) is 0 Å². The van der Waals surface area contributed by atoms with Gasteiger partial charge in [0.05, 0.1) is 10.6 Å². The highest BCUT2D eigenvalue weighted by Gasteiger charge is 2.36. The third-order valence-electron chi connectivity index (χ3n) is 3.07. The lowest BCUT2D eigenvalue weighted by molar-refractivity contribution is -0.113. The van der Waals surface area contributed by atoms with Gasteiger partial charge >= 0.3 is 0 Å². The molecule has 0 saturated carbocycles. The number of rotatable bonds is 2. The molecule has 6 heteroatoms. The summed E-state index contributed by atoms with van der Waals surface area (Å²) in [6, 6.07) is 12.3. The number of amides is 2. The van der Waals surface area contributed by atoms with E-state index in [1.807, 2.05) is 0 Å². The number of anilines is 1. The maximum Gasteiger partial charge on any atom is 0.298 e. The van der Waals surface area contributed by atoms with Crippen molar-refractivity contribution in [2.75, 3.05) is 4.90 Å². The zero-order valence-corrected chi connectivity index (χ0v) is 12.1. The van der Waals surface area contributed by atoms with Crippen molar-refractivity contribution in [2.24, 2.45) is 0 Å². The molecule has 2 amide bonds. The van der Waals surface area contributed by atoms with Crippen molar-refractivity contribution in [1.82, 2.24) is 0 Å². The minimum atomic E-state index is -0.436. The van der Waals surface area contributed by atoms with Crippen molar-refractivity contribution >= 4 is 34.7 Å². The van der Waals surface area contributed by atoms with E-state index < -0.39 is 11.1 Å². The Labute approximate surface area is 130 Å². The highest BCUT2D eigenvalue weighted by Crippen LogP contribution is 2.36. The van der Waals surface area contributed by atoms with E-state index in [2.05, 4.69) is 0 Å². The monoisotopic (exact) mass is 313 g/mol. The van der Waals surface area contributed by atoms with Crippen LogP contribution in [-0.2, 0) is 4.79 Å². The standard InChI is InChI=1S/C16H11NO4S/c18-12-6-4-10(5-7-12)8-14-15(20)17(16(21)22-14)11-2-1-3-13(19)9-11/h1-9,18-19H. The molecular weight excluding hydrogens is 302 g/mol. The predicted molar refractivity (Wildman–Crippen MR) is 84.7 cm³/mol. The Morgan fingerprint density at radius 2 is 1.68 bits per heavy atom. The average Bonchev–Trinajstić information content (AvgIpc) is 2.76. The Bertz CT molecular complexity index is 783. The van der Waals surface area contributed by atoms with E-state index in [0.29, 0.717) is 16.2 Å². The summed E-state index contributed by atoms with van der Waals surface area (Å²) in [4.78, 5) is 25.8. The van der Waals surface area contributed by atoms with Crippen molar-refractivity contribution in [2.45, 2.75) is 0 Å². The van der Waals surface area contributed by atoms with Crippen LogP contribution in [0, 0.1) is 0 Å². The molecule has 1 aliphatic rings. The molecule has 0 atom stereocenters. The van der Waals surface area contributed by atoms with Crippen LogP contribution in [0.5, 0.6) is 11.5 Å². The molecule has 3 rings (SSSR count). The first-order chi connectivity index (χ1) is 10.5. The molecule has 0 spiro atoms. The summed E-state index contributed by atoms with van der Waals surface area (Å²) < 4.78 is 0. The number of carbonyl (C=O) groups is 2. The summed E-state index contributed by atoms with van der Waals surface area (Å²) in [6.07, 6.45) is 1.59. The highest BCUT2D eigenvalue weighted by atomic mass is 32.2. The van der Waals surface area contributed by atoms with Crippen LogP contribution in [0.1, 0.15) is 5.56 Å². The number of hydrogen-bond acceptors (Lipinski definition) is 5. The van der Waals surface area contributed by atoms with Crippen molar-refractivity contribution in [3.63, 3.8) is 0 Å². The number of phenolic OH excluding ortho intramolecular Hbond substituents is 2. The van der Waals surface area contributed by atoms with E-state index in [1.165, 1.54) is 24.3 Å². The number of hydrogen-bond donors (Lipinski definition) is 2. The van der Waals surface area contributed by atoms with Crippen LogP contribution in [0.15, 0.2) is 53.4 Å². The third-order valence-corrected chi connectivity index (χ3v) is 3.94. The van der Waals surface area contributed by atoms with E-state index in [4.69, 9.17) is 0 Å². The predicted octanol–water partition coefficient (Wildman–Crippen LogP) is 3.34. The van der Waals surface area contributed by atoms with Gasteiger partial charge in [-0.25, -0.2) is 4.90 Å². The van der Waals surface area contributed by atoms with Gasteiger partial charge in [-0.3, -0.25) is 9.59 Å². The van der Waals surface area contributed by atoms with Crippen LogP contribution in [0.3, 0.4) is 0 Å². The van der Waals surface area contributed by atoms with Crippen molar-refractivity contribution in [3.8, 4) is 11.5 Å². The smallest absolute Gasteiger partial charge is 0.298 e. The number of imide groups is 1. The number of phenols is 2. The fourth-order valence-corrected chi connectivity index (χ4v) is 2.89. The molecule has 0 radical (unpaired) electrons. The molecule has 22 heavy (non-hydrogen) atoms. The third kappa shape index (κ3) is 2.68. The van der Waals surface area contributed by atoms with E-state index in [-0.39, 0.29) is 11.5 Å². The first kappa shape index (κ1) is 14.2. The van der Waals surface area contributed by atoms with Crippen LogP contribution >= 0.6 is 11.8 Å². The van der Waals surface area contributed by atoms with Gasteiger partial charge in [-0.1, -0.05) is 18.2 Å². The summed E-state index contributed by atoms with van der Waals surface area (Å²) in [6.45, 7) is 0. The molecule has 2 aromatic carbocycles. The molecular formula is C16H11NO4S.